The SMILES string of the molecule is COc1ccc(-c2cn(-c3ccccc3)nc2C(=O)NCCCCN2CCOCC2)cc1OC. The number of amides is 1. The smallest absolute Gasteiger partial charge is 0.272 e. The van der Waals surface area contributed by atoms with Crippen LogP contribution in [-0.2, 0) is 4.74 Å². The average molecular weight is 465 g/mol. The number of carbonyl (C=O) groups is 1. The maximum atomic E-state index is 13.2. The van der Waals surface area contributed by atoms with Gasteiger partial charge in [-0.2, -0.15) is 5.10 Å². The molecule has 180 valence electrons. The van der Waals surface area contributed by atoms with Crippen molar-refractivity contribution in [1.29, 1.82) is 0 Å². The minimum absolute atomic E-state index is 0.189. The van der Waals surface area contributed by atoms with E-state index in [0.717, 1.165) is 62.5 Å². The number of morpholine rings is 1. The molecule has 0 unspecified atom stereocenters. The summed E-state index contributed by atoms with van der Waals surface area (Å²) in [4.78, 5) is 15.6. The Morgan fingerprint density at radius 3 is 2.53 bits per heavy atom. The fourth-order valence-corrected chi connectivity index (χ4v) is 4.04. The first-order valence-electron chi connectivity index (χ1n) is 11.7. The van der Waals surface area contributed by atoms with Crippen molar-refractivity contribution in [3.63, 3.8) is 0 Å². The average Bonchev–Trinajstić information content (AvgIpc) is 3.35. The Balaban J connectivity index is 1.49. The van der Waals surface area contributed by atoms with Gasteiger partial charge >= 0.3 is 0 Å². The number of carbonyl (C=O) groups excluding carboxylic acids is 1. The zero-order valence-corrected chi connectivity index (χ0v) is 19.8. The molecular weight excluding hydrogens is 432 g/mol. The van der Waals surface area contributed by atoms with Gasteiger partial charge in [-0.1, -0.05) is 24.3 Å². The van der Waals surface area contributed by atoms with Crippen molar-refractivity contribution >= 4 is 5.91 Å². The predicted molar refractivity (Wildman–Crippen MR) is 131 cm³/mol. The normalized spacial score (nSPS) is 14.1. The highest BCUT2D eigenvalue weighted by Crippen LogP contribution is 2.34. The maximum Gasteiger partial charge on any atom is 0.272 e. The zero-order valence-electron chi connectivity index (χ0n) is 19.8. The van der Waals surface area contributed by atoms with E-state index < -0.39 is 0 Å². The van der Waals surface area contributed by atoms with Crippen LogP contribution >= 0.6 is 0 Å². The number of methoxy groups -OCH3 is 2. The molecule has 1 saturated heterocycles. The molecule has 34 heavy (non-hydrogen) atoms. The first kappa shape index (κ1) is 23.8. The number of hydrogen-bond acceptors (Lipinski definition) is 6. The van der Waals surface area contributed by atoms with Gasteiger partial charge in [-0.25, -0.2) is 4.68 Å². The Morgan fingerprint density at radius 2 is 1.79 bits per heavy atom. The van der Waals surface area contributed by atoms with E-state index in [1.54, 1.807) is 18.9 Å². The van der Waals surface area contributed by atoms with Crippen LogP contribution in [-0.4, -0.2) is 74.2 Å². The van der Waals surface area contributed by atoms with Gasteiger partial charge in [0.1, 0.15) is 0 Å². The molecule has 8 nitrogen and oxygen atoms in total. The summed E-state index contributed by atoms with van der Waals surface area (Å²) in [5.74, 6) is 1.04. The Kier molecular flexibility index (Phi) is 8.17. The Morgan fingerprint density at radius 1 is 1.03 bits per heavy atom. The summed E-state index contributed by atoms with van der Waals surface area (Å²) in [6, 6.07) is 15.4. The minimum Gasteiger partial charge on any atom is -0.493 e. The molecule has 0 saturated carbocycles. The summed E-state index contributed by atoms with van der Waals surface area (Å²) in [5.41, 5.74) is 2.82. The van der Waals surface area contributed by atoms with Crippen molar-refractivity contribution in [2.24, 2.45) is 0 Å². The molecule has 0 aliphatic carbocycles. The number of hydrogen-bond donors (Lipinski definition) is 1. The van der Waals surface area contributed by atoms with Gasteiger partial charge in [0, 0.05) is 31.4 Å². The number of nitrogens with zero attached hydrogens (tertiary/aromatic N) is 3. The number of unbranched alkanes of at least 4 members (excludes halogenated alkanes) is 1. The van der Waals surface area contributed by atoms with Crippen LogP contribution in [0.25, 0.3) is 16.8 Å². The minimum atomic E-state index is -0.189. The summed E-state index contributed by atoms with van der Waals surface area (Å²) in [5, 5.41) is 7.69. The molecule has 1 aliphatic heterocycles. The van der Waals surface area contributed by atoms with Gasteiger partial charge in [0.05, 0.1) is 33.1 Å². The van der Waals surface area contributed by atoms with Gasteiger partial charge in [0.15, 0.2) is 17.2 Å². The second-order valence-electron chi connectivity index (χ2n) is 8.16. The fraction of sp³-hybridized carbons (Fsp3) is 0.385. The lowest BCUT2D eigenvalue weighted by atomic mass is 10.1. The number of benzene rings is 2. The monoisotopic (exact) mass is 464 g/mol. The van der Waals surface area contributed by atoms with Gasteiger partial charge in [0.25, 0.3) is 5.91 Å². The second kappa shape index (κ2) is 11.7. The molecule has 0 radical (unpaired) electrons. The molecule has 1 amide bonds. The quantitative estimate of drug-likeness (QED) is 0.464. The molecule has 2 aromatic carbocycles. The highest BCUT2D eigenvalue weighted by molar-refractivity contribution is 5.99. The highest BCUT2D eigenvalue weighted by Gasteiger charge is 2.20. The van der Waals surface area contributed by atoms with E-state index in [0.29, 0.717) is 23.7 Å². The van der Waals surface area contributed by atoms with Crippen LogP contribution in [0.2, 0.25) is 0 Å². The van der Waals surface area contributed by atoms with Crippen molar-refractivity contribution < 1.29 is 19.0 Å². The van der Waals surface area contributed by atoms with Crippen LogP contribution in [0, 0.1) is 0 Å². The highest BCUT2D eigenvalue weighted by atomic mass is 16.5. The predicted octanol–water partition coefficient (Wildman–Crippen LogP) is 3.40. The third-order valence-electron chi connectivity index (χ3n) is 5.93. The van der Waals surface area contributed by atoms with Crippen LogP contribution in [0.3, 0.4) is 0 Å². The lowest BCUT2D eigenvalue weighted by molar-refractivity contribution is 0.0372. The molecule has 2 heterocycles. The molecule has 0 bridgehead atoms. The van der Waals surface area contributed by atoms with Crippen molar-refractivity contribution in [3.05, 3.63) is 60.4 Å². The van der Waals surface area contributed by atoms with Crippen LogP contribution < -0.4 is 14.8 Å². The topological polar surface area (TPSA) is 77.9 Å². The van der Waals surface area contributed by atoms with Crippen molar-refractivity contribution in [3.8, 4) is 28.3 Å². The molecule has 8 heteroatoms. The largest absolute Gasteiger partial charge is 0.493 e. The molecule has 3 aromatic rings. The van der Waals surface area contributed by atoms with Crippen LogP contribution in [0.5, 0.6) is 11.5 Å². The number of ether oxygens (including phenoxy) is 3. The standard InChI is InChI=1S/C26H32N4O4/c1-32-23-11-10-20(18-24(23)33-2)22-19-30(21-8-4-3-5-9-21)28-25(22)26(31)27-12-6-7-13-29-14-16-34-17-15-29/h3-5,8-11,18-19H,6-7,12-17H2,1-2H3,(H,27,31). The number of nitrogens with one attached hydrogen (secondary N) is 1. The van der Waals surface area contributed by atoms with Crippen molar-refractivity contribution in [1.82, 2.24) is 20.0 Å². The summed E-state index contributed by atoms with van der Waals surface area (Å²) < 4.78 is 18.0. The molecule has 0 atom stereocenters. The third-order valence-corrected chi connectivity index (χ3v) is 5.93. The fourth-order valence-electron chi connectivity index (χ4n) is 4.04. The first-order valence-corrected chi connectivity index (χ1v) is 11.7. The summed E-state index contributed by atoms with van der Waals surface area (Å²) in [6.07, 6.45) is 3.82. The van der Waals surface area contributed by atoms with Gasteiger partial charge in [-0.15, -0.1) is 0 Å². The van der Waals surface area contributed by atoms with Gasteiger partial charge in [0.2, 0.25) is 0 Å². The number of aromatic nitrogens is 2. The summed E-state index contributed by atoms with van der Waals surface area (Å²) >= 11 is 0. The van der Waals surface area contributed by atoms with E-state index in [2.05, 4.69) is 15.3 Å². The van der Waals surface area contributed by atoms with Crippen LogP contribution in [0.4, 0.5) is 0 Å². The number of rotatable bonds is 10. The molecule has 1 aliphatic rings. The second-order valence-corrected chi connectivity index (χ2v) is 8.16. The van der Waals surface area contributed by atoms with E-state index in [-0.39, 0.29) is 5.91 Å². The lowest BCUT2D eigenvalue weighted by Crippen LogP contribution is -2.37. The molecule has 1 N–H and O–H groups in total. The van der Waals surface area contributed by atoms with Gasteiger partial charge in [-0.3, -0.25) is 9.69 Å². The lowest BCUT2D eigenvalue weighted by Gasteiger charge is -2.26. The van der Waals surface area contributed by atoms with Crippen molar-refractivity contribution in [2.45, 2.75) is 12.8 Å². The zero-order chi connectivity index (χ0) is 23.8. The van der Waals surface area contributed by atoms with Crippen LogP contribution in [0.1, 0.15) is 23.3 Å². The summed E-state index contributed by atoms with van der Waals surface area (Å²) in [7, 11) is 3.20. The van der Waals surface area contributed by atoms with Crippen molar-refractivity contribution in [2.75, 3.05) is 53.6 Å². The molecule has 1 fully saturated rings. The van der Waals surface area contributed by atoms with E-state index in [9.17, 15) is 4.79 Å². The Hall–Kier alpha value is -3.36. The molecule has 1 aromatic heterocycles. The van der Waals surface area contributed by atoms with E-state index in [1.165, 1.54) is 0 Å². The Labute approximate surface area is 200 Å². The van der Waals surface area contributed by atoms with E-state index in [4.69, 9.17) is 14.2 Å². The number of para-hydroxylation sites is 1. The first-order chi connectivity index (χ1) is 16.7. The van der Waals surface area contributed by atoms with Crippen LogP contribution in [0.15, 0.2) is 54.7 Å². The molecular formula is C26H32N4O4. The third kappa shape index (κ3) is 5.76. The molecule has 4 rings (SSSR count). The van der Waals surface area contributed by atoms with Gasteiger partial charge in [-0.05, 0) is 49.2 Å². The molecule has 0 spiro atoms. The summed E-state index contributed by atoms with van der Waals surface area (Å²) in [6.45, 7) is 5.21. The van der Waals surface area contributed by atoms with E-state index in [1.807, 2.05) is 54.7 Å². The van der Waals surface area contributed by atoms with E-state index >= 15 is 0 Å². The Bertz CT molecular complexity index is 1080. The maximum absolute atomic E-state index is 13.2. The van der Waals surface area contributed by atoms with Gasteiger partial charge < -0.3 is 19.5 Å².